The van der Waals surface area contributed by atoms with Crippen molar-refractivity contribution in [2.45, 2.75) is 31.8 Å². The van der Waals surface area contributed by atoms with Gasteiger partial charge < -0.3 is 20.4 Å². The lowest BCUT2D eigenvalue weighted by molar-refractivity contribution is -0.147. The van der Waals surface area contributed by atoms with E-state index >= 15 is 0 Å². The lowest BCUT2D eigenvalue weighted by atomic mass is 9.87. The van der Waals surface area contributed by atoms with Crippen molar-refractivity contribution in [1.82, 2.24) is 6.15 Å². The lowest BCUT2D eigenvalue weighted by Gasteiger charge is -2.26. The van der Waals surface area contributed by atoms with Crippen LogP contribution >= 0.6 is 12.4 Å². The number of methoxy groups -OCH3 is 2. The molecule has 0 atom stereocenters. The highest BCUT2D eigenvalue weighted by Gasteiger charge is 2.26. The minimum absolute atomic E-state index is 0. The molecule has 6 heteroatoms. The van der Waals surface area contributed by atoms with Crippen molar-refractivity contribution in [3.63, 3.8) is 0 Å². The summed E-state index contributed by atoms with van der Waals surface area (Å²) in [4.78, 5) is 11.3. The van der Waals surface area contributed by atoms with E-state index < -0.39 is 0 Å². The Kier molecular flexibility index (Phi) is 12.0. The summed E-state index contributed by atoms with van der Waals surface area (Å²) in [6, 6.07) is 0. The molecular formula is C11H24ClNO4. The van der Waals surface area contributed by atoms with Gasteiger partial charge in [0.15, 0.2) is 0 Å². The molecule has 0 unspecified atom stereocenters. The molecule has 0 aliphatic heterocycles. The van der Waals surface area contributed by atoms with Crippen LogP contribution in [0, 0.1) is 5.92 Å². The van der Waals surface area contributed by atoms with Crippen molar-refractivity contribution in [1.29, 1.82) is 0 Å². The molecule has 1 aliphatic rings. The Balaban J connectivity index is 0. The highest BCUT2D eigenvalue weighted by Crippen LogP contribution is 2.26. The molecular weight excluding hydrogens is 246 g/mol. The van der Waals surface area contributed by atoms with Gasteiger partial charge in [-0.2, -0.15) is 0 Å². The van der Waals surface area contributed by atoms with Gasteiger partial charge in [-0.05, 0) is 25.7 Å². The first-order valence-corrected chi connectivity index (χ1v) is 5.46. The van der Waals surface area contributed by atoms with Gasteiger partial charge in [0.2, 0.25) is 0 Å². The predicted molar refractivity (Wildman–Crippen MR) is 67.9 cm³/mol. The van der Waals surface area contributed by atoms with Crippen molar-refractivity contribution in [3.8, 4) is 0 Å². The second kappa shape index (κ2) is 10.8. The molecule has 1 aliphatic carbocycles. The third-order valence-corrected chi connectivity index (χ3v) is 2.85. The largest absolute Gasteiger partial charge is 0.469 e. The Morgan fingerprint density at radius 1 is 1.12 bits per heavy atom. The van der Waals surface area contributed by atoms with Crippen LogP contribution in [-0.4, -0.2) is 39.5 Å². The van der Waals surface area contributed by atoms with Gasteiger partial charge in [-0.25, -0.2) is 0 Å². The number of halogens is 1. The Morgan fingerprint density at radius 2 is 1.71 bits per heavy atom. The monoisotopic (exact) mass is 269 g/mol. The molecule has 104 valence electrons. The zero-order valence-corrected chi connectivity index (χ0v) is 11.5. The average Bonchev–Trinajstić information content (AvgIpc) is 2.29. The third kappa shape index (κ3) is 6.83. The van der Waals surface area contributed by atoms with Gasteiger partial charge in [-0.3, -0.25) is 4.79 Å². The molecule has 1 fully saturated rings. The van der Waals surface area contributed by atoms with E-state index in [1.165, 1.54) is 7.11 Å². The number of ether oxygens (including phenoxy) is 3. The molecule has 0 heterocycles. The van der Waals surface area contributed by atoms with E-state index in [0.29, 0.717) is 19.3 Å². The number of esters is 1. The number of rotatable bonds is 5. The van der Waals surface area contributed by atoms with E-state index in [4.69, 9.17) is 14.2 Å². The van der Waals surface area contributed by atoms with Crippen LogP contribution in [0.25, 0.3) is 0 Å². The molecule has 5 nitrogen and oxygen atoms in total. The quantitative estimate of drug-likeness (QED) is 0.610. The Bertz CT molecular complexity index is 196. The van der Waals surface area contributed by atoms with Gasteiger partial charge in [0, 0.05) is 7.11 Å². The van der Waals surface area contributed by atoms with E-state index in [2.05, 4.69) is 0 Å². The third-order valence-electron chi connectivity index (χ3n) is 2.85. The maximum atomic E-state index is 11.3. The summed E-state index contributed by atoms with van der Waals surface area (Å²) in [5.41, 5.74) is 0. The van der Waals surface area contributed by atoms with Crippen LogP contribution in [0.3, 0.4) is 0 Å². The maximum Gasteiger partial charge on any atom is 0.308 e. The Labute approximate surface area is 109 Å². The maximum absolute atomic E-state index is 11.3. The molecule has 0 saturated heterocycles. The van der Waals surface area contributed by atoms with Crippen molar-refractivity contribution >= 4 is 18.4 Å². The predicted octanol–water partition coefficient (Wildman–Crippen LogP) is 1.96. The van der Waals surface area contributed by atoms with E-state index in [-0.39, 0.29) is 30.4 Å². The summed E-state index contributed by atoms with van der Waals surface area (Å²) in [6.07, 6.45) is 3.95. The molecule has 0 bridgehead atoms. The first-order chi connectivity index (χ1) is 7.27. The van der Waals surface area contributed by atoms with Crippen LogP contribution in [0.5, 0.6) is 0 Å². The Morgan fingerprint density at radius 3 is 2.18 bits per heavy atom. The van der Waals surface area contributed by atoms with Crippen LogP contribution < -0.4 is 6.15 Å². The summed E-state index contributed by atoms with van der Waals surface area (Å²) in [6.45, 7) is 1.28. The second-order valence-corrected chi connectivity index (χ2v) is 3.86. The van der Waals surface area contributed by atoms with E-state index in [9.17, 15) is 4.79 Å². The summed E-state index contributed by atoms with van der Waals surface area (Å²) in [5, 5.41) is 0. The molecule has 0 aromatic heterocycles. The van der Waals surface area contributed by atoms with Crippen molar-refractivity contribution in [2.75, 3.05) is 27.4 Å². The zero-order chi connectivity index (χ0) is 11.1. The van der Waals surface area contributed by atoms with Crippen molar-refractivity contribution in [2.24, 2.45) is 5.92 Å². The fourth-order valence-corrected chi connectivity index (χ4v) is 1.93. The normalized spacial score (nSPS) is 23.2. The van der Waals surface area contributed by atoms with Crippen LogP contribution in [-0.2, 0) is 19.0 Å². The molecule has 0 spiro atoms. The number of carbonyl (C=O) groups is 1. The number of carbonyl (C=O) groups excluding carboxylic acids is 1. The molecule has 0 radical (unpaired) electrons. The minimum Gasteiger partial charge on any atom is -0.469 e. The summed E-state index contributed by atoms with van der Waals surface area (Å²) in [5.74, 6) is 0.00242. The summed E-state index contributed by atoms with van der Waals surface area (Å²) < 4.78 is 15.2. The van der Waals surface area contributed by atoms with Gasteiger partial charge in [0.25, 0.3) is 0 Å². The van der Waals surface area contributed by atoms with Gasteiger partial charge in [0.05, 0.1) is 32.3 Å². The van der Waals surface area contributed by atoms with Crippen molar-refractivity contribution < 1.29 is 19.0 Å². The lowest BCUT2D eigenvalue weighted by Crippen LogP contribution is -2.27. The number of hydrogen-bond acceptors (Lipinski definition) is 5. The van der Waals surface area contributed by atoms with Crippen LogP contribution in [0.15, 0.2) is 0 Å². The molecule has 0 amide bonds. The second-order valence-electron chi connectivity index (χ2n) is 3.86. The molecule has 0 aromatic rings. The molecule has 0 aromatic carbocycles. The van der Waals surface area contributed by atoms with Crippen LogP contribution in [0.2, 0.25) is 0 Å². The van der Waals surface area contributed by atoms with Gasteiger partial charge in [0.1, 0.15) is 0 Å². The molecule has 1 rings (SSSR count). The summed E-state index contributed by atoms with van der Waals surface area (Å²) in [7, 11) is 3.11. The van der Waals surface area contributed by atoms with Crippen LogP contribution in [0.4, 0.5) is 0 Å². The Hall–Kier alpha value is -0.360. The van der Waals surface area contributed by atoms with Gasteiger partial charge >= 0.3 is 5.97 Å². The molecule has 17 heavy (non-hydrogen) atoms. The fourth-order valence-electron chi connectivity index (χ4n) is 1.93. The van der Waals surface area contributed by atoms with E-state index in [0.717, 1.165) is 25.7 Å². The SMILES string of the molecule is COCCOC1CCC(C(=O)OC)CC1.Cl.N. The van der Waals surface area contributed by atoms with Gasteiger partial charge in [-0.1, -0.05) is 0 Å². The molecule has 1 saturated carbocycles. The first-order valence-electron chi connectivity index (χ1n) is 5.46. The van der Waals surface area contributed by atoms with Gasteiger partial charge in [-0.15, -0.1) is 12.4 Å². The smallest absolute Gasteiger partial charge is 0.308 e. The van der Waals surface area contributed by atoms with E-state index in [1.54, 1.807) is 7.11 Å². The average molecular weight is 270 g/mol. The minimum atomic E-state index is -0.0784. The molecule has 3 N–H and O–H groups in total. The van der Waals surface area contributed by atoms with Crippen LogP contribution in [0.1, 0.15) is 25.7 Å². The standard InChI is InChI=1S/C11H20O4.ClH.H3N/c1-13-7-8-15-10-5-3-9(4-6-10)11(12)14-2;;/h9-10H,3-8H2,1-2H3;1H;1H3. The zero-order valence-electron chi connectivity index (χ0n) is 10.6. The fraction of sp³-hybridized carbons (Fsp3) is 0.909. The highest BCUT2D eigenvalue weighted by atomic mass is 35.5. The number of hydrogen-bond donors (Lipinski definition) is 1. The highest BCUT2D eigenvalue weighted by molar-refractivity contribution is 5.85. The van der Waals surface area contributed by atoms with E-state index in [1.807, 2.05) is 0 Å². The topological polar surface area (TPSA) is 79.8 Å². The van der Waals surface area contributed by atoms with Crippen molar-refractivity contribution in [3.05, 3.63) is 0 Å². The first kappa shape index (κ1) is 19.0. The summed E-state index contributed by atoms with van der Waals surface area (Å²) >= 11 is 0.